The molecule has 7 nitrogen and oxygen atoms in total. The first-order valence-corrected chi connectivity index (χ1v) is 12.7. The van der Waals surface area contributed by atoms with E-state index < -0.39 is 47.2 Å². The molecule has 216 valence electrons. The molecule has 5 rings (SSSR count). The van der Waals surface area contributed by atoms with Gasteiger partial charge in [0.05, 0.1) is 23.8 Å². The first-order chi connectivity index (χ1) is 19.5. The van der Waals surface area contributed by atoms with Gasteiger partial charge in [0.25, 0.3) is 5.91 Å². The number of fused-ring (bicyclic) bond motifs is 1. The van der Waals surface area contributed by atoms with E-state index >= 15 is 0 Å². The molecule has 1 aromatic heterocycles. The topological polar surface area (TPSA) is 70.6 Å². The molecule has 13 heteroatoms. The van der Waals surface area contributed by atoms with Gasteiger partial charge in [0.2, 0.25) is 0 Å². The molecule has 1 fully saturated rings. The molecule has 0 spiro atoms. The number of hydrogen-bond donors (Lipinski definition) is 1. The van der Waals surface area contributed by atoms with E-state index in [0.29, 0.717) is 31.8 Å². The van der Waals surface area contributed by atoms with E-state index in [2.05, 4.69) is 21.9 Å². The third kappa shape index (κ3) is 6.05. The van der Waals surface area contributed by atoms with E-state index in [1.807, 2.05) is 0 Å². The second-order valence-electron chi connectivity index (χ2n) is 9.64. The molecule has 41 heavy (non-hydrogen) atoms. The smallest absolute Gasteiger partial charge is 0.368 e. The molecule has 2 aliphatic rings. The van der Waals surface area contributed by atoms with Crippen LogP contribution in [-0.2, 0) is 23.6 Å². The minimum Gasteiger partial charge on any atom is -0.368 e. The van der Waals surface area contributed by atoms with Gasteiger partial charge in [-0.3, -0.25) is 4.79 Å². The van der Waals surface area contributed by atoms with Gasteiger partial charge in [-0.05, 0) is 23.8 Å². The van der Waals surface area contributed by atoms with Gasteiger partial charge in [-0.15, -0.1) is 6.58 Å². The summed E-state index contributed by atoms with van der Waals surface area (Å²) in [5, 5.41) is 3.12. The Bertz CT molecular complexity index is 1390. The minimum absolute atomic E-state index is 0.0605. The number of alkyl halides is 6. The number of hydrogen-bond acceptors (Lipinski definition) is 6. The molecule has 2 atom stereocenters. The molecular formula is C28H25F6N5O2. The van der Waals surface area contributed by atoms with Crippen molar-refractivity contribution in [1.29, 1.82) is 0 Å². The quantitative estimate of drug-likeness (QED) is 0.318. The Balaban J connectivity index is 1.70. The maximum absolute atomic E-state index is 13.8. The van der Waals surface area contributed by atoms with Gasteiger partial charge in [-0.2, -0.15) is 26.3 Å². The van der Waals surface area contributed by atoms with Crippen molar-refractivity contribution in [1.82, 2.24) is 20.2 Å². The predicted octanol–water partition coefficient (Wildman–Crippen LogP) is 5.52. The minimum atomic E-state index is -5.07. The van der Waals surface area contributed by atoms with Crippen LogP contribution in [0.25, 0.3) is 0 Å². The number of aromatic nitrogens is 2. The largest absolute Gasteiger partial charge is 0.416 e. The highest BCUT2D eigenvalue weighted by Crippen LogP contribution is 2.42. The van der Waals surface area contributed by atoms with Crippen LogP contribution in [0.4, 0.5) is 37.8 Å². The third-order valence-corrected chi connectivity index (χ3v) is 6.83. The summed E-state index contributed by atoms with van der Waals surface area (Å²) in [6.07, 6.45) is -8.16. The van der Waals surface area contributed by atoms with E-state index in [0.717, 1.165) is 5.56 Å². The van der Waals surface area contributed by atoms with Crippen molar-refractivity contribution in [2.24, 2.45) is 0 Å². The van der Waals surface area contributed by atoms with Gasteiger partial charge < -0.3 is 19.9 Å². The van der Waals surface area contributed by atoms with Crippen LogP contribution in [0.3, 0.4) is 0 Å². The van der Waals surface area contributed by atoms with Crippen LogP contribution in [0.5, 0.6) is 0 Å². The number of nitrogens with one attached hydrogen (secondary N) is 1. The average molecular weight is 578 g/mol. The first-order valence-electron chi connectivity index (χ1n) is 12.7. The zero-order chi connectivity index (χ0) is 29.4. The summed E-state index contributed by atoms with van der Waals surface area (Å²) in [4.78, 5) is 25.3. The number of benzene rings is 2. The first kappa shape index (κ1) is 28.6. The zero-order valence-electron chi connectivity index (χ0n) is 21.5. The van der Waals surface area contributed by atoms with Gasteiger partial charge in [0, 0.05) is 38.1 Å². The number of anilines is 2. The van der Waals surface area contributed by atoms with Crippen molar-refractivity contribution in [3.05, 3.63) is 95.5 Å². The van der Waals surface area contributed by atoms with E-state index in [4.69, 9.17) is 4.74 Å². The van der Waals surface area contributed by atoms with Crippen LogP contribution in [0.2, 0.25) is 0 Å². The number of ether oxygens (including phenoxy) is 1. The second-order valence-corrected chi connectivity index (χ2v) is 9.64. The van der Waals surface area contributed by atoms with Crippen molar-refractivity contribution < 1.29 is 35.9 Å². The summed E-state index contributed by atoms with van der Waals surface area (Å²) in [6, 6.07) is 9.34. The monoisotopic (exact) mass is 577 g/mol. The number of morpholine rings is 1. The number of rotatable bonds is 5. The van der Waals surface area contributed by atoms with Crippen LogP contribution in [0.15, 0.2) is 67.4 Å². The zero-order valence-corrected chi connectivity index (χ0v) is 21.5. The third-order valence-electron chi connectivity index (χ3n) is 6.83. The molecule has 2 aliphatic heterocycles. The molecule has 2 unspecified atom stereocenters. The summed E-state index contributed by atoms with van der Waals surface area (Å²) in [7, 11) is 0. The van der Waals surface area contributed by atoms with Gasteiger partial charge in [0.15, 0.2) is 5.82 Å². The van der Waals surface area contributed by atoms with Crippen molar-refractivity contribution in [3.8, 4) is 0 Å². The number of carbonyl (C=O) groups excluding carboxylic acids is 1. The summed E-state index contributed by atoms with van der Waals surface area (Å²) in [6.45, 7) is 5.09. The Morgan fingerprint density at radius 2 is 1.73 bits per heavy atom. The lowest BCUT2D eigenvalue weighted by molar-refractivity contribution is -0.143. The fourth-order valence-electron chi connectivity index (χ4n) is 4.84. The maximum atomic E-state index is 13.8. The molecule has 2 aromatic carbocycles. The Kier molecular flexibility index (Phi) is 7.75. The van der Waals surface area contributed by atoms with E-state index in [-0.39, 0.29) is 36.4 Å². The maximum Gasteiger partial charge on any atom is 0.416 e. The Morgan fingerprint density at radius 3 is 2.32 bits per heavy atom. The number of nitrogens with zero attached hydrogens (tertiary/aromatic N) is 4. The van der Waals surface area contributed by atoms with Crippen LogP contribution in [0, 0.1) is 0 Å². The normalized spacial score (nSPS) is 20.0. The molecule has 0 saturated carbocycles. The Labute approximate surface area is 231 Å². The summed E-state index contributed by atoms with van der Waals surface area (Å²) >= 11 is 0. The lowest BCUT2D eigenvalue weighted by atomic mass is 10.1. The van der Waals surface area contributed by atoms with Crippen molar-refractivity contribution in [2.75, 3.05) is 31.1 Å². The van der Waals surface area contributed by atoms with Crippen LogP contribution in [-0.4, -0.2) is 53.1 Å². The summed E-state index contributed by atoms with van der Waals surface area (Å²) in [5.41, 5.74) is -2.73. The molecule has 1 saturated heterocycles. The molecule has 0 aliphatic carbocycles. The van der Waals surface area contributed by atoms with Gasteiger partial charge in [0.1, 0.15) is 17.5 Å². The van der Waals surface area contributed by atoms with E-state index in [1.165, 1.54) is 22.1 Å². The fourth-order valence-corrected chi connectivity index (χ4v) is 4.84. The van der Waals surface area contributed by atoms with Crippen molar-refractivity contribution in [2.45, 2.75) is 31.0 Å². The summed E-state index contributed by atoms with van der Waals surface area (Å²) < 4.78 is 88.6. The Morgan fingerprint density at radius 1 is 1.05 bits per heavy atom. The van der Waals surface area contributed by atoms with Gasteiger partial charge >= 0.3 is 12.4 Å². The summed E-state index contributed by atoms with van der Waals surface area (Å²) in [5.74, 6) is -0.534. The van der Waals surface area contributed by atoms with Gasteiger partial charge in [-0.1, -0.05) is 36.4 Å². The predicted molar refractivity (Wildman–Crippen MR) is 137 cm³/mol. The SMILES string of the molecule is C=CC1CN(Cc2ccccc2)C(=O)c2cnc(C3CNCCO3)nc2N1c1cc(C(F)(F)F)cc(C(F)(F)F)c1. The standard InChI is InChI=1S/C28H25F6N5O2/c1-2-20-16-38(15-17-6-4-3-5-7-17)26(40)22-13-36-24(23-14-35-8-9-41-23)37-25(22)39(20)21-11-18(27(29,30)31)10-19(12-21)28(32,33)34/h2-7,10-13,20,23,35H,1,8-9,14-16H2. The highest BCUT2D eigenvalue weighted by molar-refractivity contribution is 6.00. The van der Waals surface area contributed by atoms with E-state index in [9.17, 15) is 31.1 Å². The average Bonchev–Trinajstić information content (AvgIpc) is 3.06. The number of halogens is 6. The van der Waals surface area contributed by atoms with Crippen molar-refractivity contribution in [3.63, 3.8) is 0 Å². The highest BCUT2D eigenvalue weighted by Gasteiger charge is 2.40. The Hall–Kier alpha value is -3.97. The molecule has 0 radical (unpaired) electrons. The number of amides is 1. The molecular weight excluding hydrogens is 552 g/mol. The lowest BCUT2D eigenvalue weighted by Crippen LogP contribution is -2.40. The molecule has 3 heterocycles. The molecule has 0 bridgehead atoms. The lowest BCUT2D eigenvalue weighted by Gasteiger charge is -2.32. The number of carbonyl (C=O) groups is 1. The van der Waals surface area contributed by atoms with Crippen LogP contribution < -0.4 is 10.2 Å². The highest BCUT2D eigenvalue weighted by atomic mass is 19.4. The molecule has 1 N–H and O–H groups in total. The fraction of sp³-hybridized carbons (Fsp3) is 0.321. The second kappa shape index (κ2) is 11.1. The van der Waals surface area contributed by atoms with Crippen LogP contribution >= 0.6 is 0 Å². The van der Waals surface area contributed by atoms with Gasteiger partial charge in [-0.25, -0.2) is 9.97 Å². The van der Waals surface area contributed by atoms with Crippen LogP contribution in [0.1, 0.15) is 39.0 Å². The van der Waals surface area contributed by atoms with E-state index in [1.54, 1.807) is 30.3 Å². The molecule has 1 amide bonds. The molecule has 3 aromatic rings. The van der Waals surface area contributed by atoms with Crippen molar-refractivity contribution >= 4 is 17.4 Å².